The molecule has 4 heteroatoms. The summed E-state index contributed by atoms with van der Waals surface area (Å²) in [5, 5.41) is 9.25. The fourth-order valence-electron chi connectivity index (χ4n) is 3.16. The molecule has 0 spiro atoms. The summed E-state index contributed by atoms with van der Waals surface area (Å²) in [5.41, 5.74) is 2.45. The van der Waals surface area contributed by atoms with E-state index in [1.165, 1.54) is 18.5 Å². The minimum atomic E-state index is 0.196. The van der Waals surface area contributed by atoms with Crippen LogP contribution < -0.4 is 5.32 Å². The molecule has 1 N–H and O–H groups in total. The molecule has 1 saturated heterocycles. The van der Waals surface area contributed by atoms with E-state index in [1.54, 1.807) is 0 Å². The van der Waals surface area contributed by atoms with Crippen molar-refractivity contribution in [2.24, 2.45) is 5.92 Å². The minimum Gasteiger partial charge on any atom is -0.311 e. The quantitative estimate of drug-likeness (QED) is 0.897. The van der Waals surface area contributed by atoms with Crippen molar-refractivity contribution >= 4 is 11.6 Å². The van der Waals surface area contributed by atoms with Gasteiger partial charge in [-0.1, -0.05) is 32.4 Å². The Balaban J connectivity index is 2.33. The topological polar surface area (TPSA) is 29.9 Å². The zero-order valence-electron chi connectivity index (χ0n) is 12.6. The van der Waals surface area contributed by atoms with Crippen LogP contribution in [0.2, 0.25) is 5.02 Å². The molecular weight excluding hydrogens is 258 g/mol. The molecular formula is C15H26ClN3. The Morgan fingerprint density at radius 1 is 1.42 bits per heavy atom. The maximum Gasteiger partial charge on any atom is 0.0850 e. The van der Waals surface area contributed by atoms with Crippen LogP contribution in [0, 0.1) is 5.92 Å². The molecule has 1 aromatic heterocycles. The molecule has 2 rings (SSSR count). The van der Waals surface area contributed by atoms with Crippen LogP contribution in [0.5, 0.6) is 0 Å². The fourth-order valence-corrected chi connectivity index (χ4v) is 3.50. The average molecular weight is 284 g/mol. The highest BCUT2D eigenvalue weighted by atomic mass is 35.5. The van der Waals surface area contributed by atoms with Crippen molar-refractivity contribution in [1.82, 2.24) is 15.1 Å². The molecule has 1 aliphatic rings. The summed E-state index contributed by atoms with van der Waals surface area (Å²) in [4.78, 5) is 0. The largest absolute Gasteiger partial charge is 0.311 e. The van der Waals surface area contributed by atoms with Crippen LogP contribution in [0.15, 0.2) is 0 Å². The maximum absolute atomic E-state index is 6.54. The third-order valence-corrected chi connectivity index (χ3v) is 5.00. The number of rotatable bonds is 5. The second kappa shape index (κ2) is 5.84. The standard InChI is InChI=1S/C15H26ClN3/c1-5-12-14(16)13(19(6-2)18-12)10-15(11(3)4)8-7-9-17-15/h11,17H,5-10H2,1-4H3. The predicted octanol–water partition coefficient (Wildman–Crippen LogP) is 3.44. The molecule has 1 atom stereocenters. The number of hydrogen-bond donors (Lipinski definition) is 1. The molecule has 0 saturated carbocycles. The minimum absolute atomic E-state index is 0.196. The first-order valence-corrected chi connectivity index (χ1v) is 7.91. The highest BCUT2D eigenvalue weighted by molar-refractivity contribution is 6.31. The van der Waals surface area contributed by atoms with Gasteiger partial charge in [-0.15, -0.1) is 0 Å². The van der Waals surface area contributed by atoms with E-state index in [0.29, 0.717) is 5.92 Å². The first kappa shape index (κ1) is 14.9. The van der Waals surface area contributed by atoms with Gasteiger partial charge in [-0.05, 0) is 38.6 Å². The van der Waals surface area contributed by atoms with Crippen LogP contribution >= 0.6 is 11.6 Å². The highest BCUT2D eigenvalue weighted by Gasteiger charge is 2.38. The lowest BCUT2D eigenvalue weighted by Gasteiger charge is -2.34. The third-order valence-electron chi connectivity index (χ3n) is 4.56. The van der Waals surface area contributed by atoms with E-state index in [0.717, 1.165) is 36.6 Å². The Morgan fingerprint density at radius 3 is 2.63 bits per heavy atom. The molecule has 3 nitrogen and oxygen atoms in total. The summed E-state index contributed by atoms with van der Waals surface area (Å²) in [6.45, 7) is 10.9. The molecule has 0 aliphatic carbocycles. The van der Waals surface area contributed by atoms with Crippen molar-refractivity contribution in [3.8, 4) is 0 Å². The van der Waals surface area contributed by atoms with Gasteiger partial charge >= 0.3 is 0 Å². The van der Waals surface area contributed by atoms with Crippen molar-refractivity contribution < 1.29 is 0 Å². The van der Waals surface area contributed by atoms with Crippen LogP contribution in [0.1, 0.15) is 51.9 Å². The van der Waals surface area contributed by atoms with Gasteiger partial charge in [-0.3, -0.25) is 4.68 Å². The Morgan fingerprint density at radius 2 is 2.16 bits per heavy atom. The summed E-state index contributed by atoms with van der Waals surface area (Å²) >= 11 is 6.54. The first-order valence-electron chi connectivity index (χ1n) is 7.53. The predicted molar refractivity (Wildman–Crippen MR) is 80.8 cm³/mol. The molecule has 108 valence electrons. The third kappa shape index (κ3) is 2.68. The lowest BCUT2D eigenvalue weighted by atomic mass is 9.81. The van der Waals surface area contributed by atoms with Crippen molar-refractivity contribution in [2.75, 3.05) is 6.54 Å². The van der Waals surface area contributed by atoms with Crippen LogP contribution in [0.25, 0.3) is 0 Å². The molecule has 1 aliphatic heterocycles. The summed E-state index contributed by atoms with van der Waals surface area (Å²) in [7, 11) is 0. The molecule has 19 heavy (non-hydrogen) atoms. The smallest absolute Gasteiger partial charge is 0.0850 e. The number of halogens is 1. The molecule has 0 bridgehead atoms. The van der Waals surface area contributed by atoms with Gasteiger partial charge < -0.3 is 5.32 Å². The molecule has 0 aromatic carbocycles. The number of hydrogen-bond acceptors (Lipinski definition) is 2. The zero-order valence-corrected chi connectivity index (χ0v) is 13.3. The van der Waals surface area contributed by atoms with Crippen molar-refractivity contribution in [3.05, 3.63) is 16.4 Å². The van der Waals surface area contributed by atoms with E-state index < -0.39 is 0 Å². The fraction of sp³-hybridized carbons (Fsp3) is 0.800. The first-order chi connectivity index (χ1) is 9.04. The van der Waals surface area contributed by atoms with E-state index in [1.807, 2.05) is 0 Å². The SMILES string of the molecule is CCc1nn(CC)c(CC2(C(C)C)CCCN2)c1Cl. The normalized spacial score (nSPS) is 23.5. The van der Waals surface area contributed by atoms with Gasteiger partial charge in [-0.25, -0.2) is 0 Å². The monoisotopic (exact) mass is 283 g/mol. The van der Waals surface area contributed by atoms with Crippen LogP contribution in [0.4, 0.5) is 0 Å². The van der Waals surface area contributed by atoms with Gasteiger partial charge in [0, 0.05) is 18.5 Å². The average Bonchev–Trinajstić information content (AvgIpc) is 2.97. The lowest BCUT2D eigenvalue weighted by molar-refractivity contribution is 0.263. The summed E-state index contributed by atoms with van der Waals surface area (Å²) in [5.74, 6) is 0.608. The molecule has 1 fully saturated rings. The van der Waals surface area contributed by atoms with E-state index >= 15 is 0 Å². The Hall–Kier alpha value is -0.540. The summed E-state index contributed by atoms with van der Waals surface area (Å²) in [6, 6.07) is 0. The lowest BCUT2D eigenvalue weighted by Crippen LogP contribution is -2.47. The van der Waals surface area contributed by atoms with E-state index in [-0.39, 0.29) is 5.54 Å². The second-order valence-electron chi connectivity index (χ2n) is 5.89. The molecule has 2 heterocycles. The molecule has 1 unspecified atom stereocenters. The van der Waals surface area contributed by atoms with Crippen molar-refractivity contribution in [1.29, 1.82) is 0 Å². The van der Waals surface area contributed by atoms with E-state index in [2.05, 4.69) is 42.8 Å². The van der Waals surface area contributed by atoms with Crippen molar-refractivity contribution in [2.45, 2.75) is 65.5 Å². The number of aromatic nitrogens is 2. The Bertz CT molecular complexity index is 431. The zero-order chi connectivity index (χ0) is 14.0. The summed E-state index contributed by atoms with van der Waals surface area (Å²) in [6.07, 6.45) is 4.39. The van der Waals surface area contributed by atoms with Gasteiger partial charge in [0.15, 0.2) is 0 Å². The number of aryl methyl sites for hydroxylation is 2. The van der Waals surface area contributed by atoms with Gasteiger partial charge in [-0.2, -0.15) is 5.10 Å². The van der Waals surface area contributed by atoms with Gasteiger partial charge in [0.25, 0.3) is 0 Å². The Labute approximate surface area is 121 Å². The van der Waals surface area contributed by atoms with Crippen LogP contribution in [-0.4, -0.2) is 21.9 Å². The van der Waals surface area contributed by atoms with Crippen molar-refractivity contribution in [3.63, 3.8) is 0 Å². The Kier molecular flexibility index (Phi) is 4.57. The number of nitrogens with one attached hydrogen (secondary N) is 1. The molecule has 1 aromatic rings. The van der Waals surface area contributed by atoms with Crippen LogP contribution in [-0.2, 0) is 19.4 Å². The summed E-state index contributed by atoms with van der Waals surface area (Å²) < 4.78 is 2.09. The second-order valence-corrected chi connectivity index (χ2v) is 6.27. The van der Waals surface area contributed by atoms with Crippen LogP contribution in [0.3, 0.4) is 0 Å². The molecule has 0 radical (unpaired) electrons. The van der Waals surface area contributed by atoms with E-state index in [4.69, 9.17) is 11.6 Å². The van der Waals surface area contributed by atoms with E-state index in [9.17, 15) is 0 Å². The van der Waals surface area contributed by atoms with Gasteiger partial charge in [0.1, 0.15) is 0 Å². The van der Waals surface area contributed by atoms with Gasteiger partial charge in [0.2, 0.25) is 0 Å². The molecule has 0 amide bonds. The maximum atomic E-state index is 6.54. The van der Waals surface area contributed by atoms with Gasteiger partial charge in [0.05, 0.1) is 16.4 Å². The highest BCUT2D eigenvalue weighted by Crippen LogP contribution is 2.34. The number of nitrogens with zero attached hydrogens (tertiary/aromatic N) is 2.